The highest BCUT2D eigenvalue weighted by Gasteiger charge is 2.78. The molecule has 0 aromatic rings. The Morgan fingerprint density at radius 1 is 1.00 bits per heavy atom. The van der Waals surface area contributed by atoms with Gasteiger partial charge in [-0.3, -0.25) is 19.2 Å². The first-order valence-corrected chi connectivity index (χ1v) is 8.03. The van der Waals surface area contributed by atoms with E-state index >= 15 is 0 Å². The standard InChI is InChI=1S/C17H24O10/c1-6-7-25-14-16(23,10(3)19)17(24,11(4)20)15(22,9(2)18)13(27-14)8-26-12(5)21/h6,13-14,22-24H,1,7-8H2,2-5H3/t13-,14-,15-,16+,17+/m1/s1. The van der Waals surface area contributed by atoms with Crippen LogP contribution in [0, 0.1) is 0 Å². The number of aliphatic hydroxyl groups is 3. The quantitative estimate of drug-likeness (QED) is 0.328. The summed E-state index contributed by atoms with van der Waals surface area (Å²) in [5.74, 6) is -4.48. The Kier molecular flexibility index (Phi) is 6.79. The van der Waals surface area contributed by atoms with Crippen molar-refractivity contribution < 1.29 is 48.7 Å². The summed E-state index contributed by atoms with van der Waals surface area (Å²) < 4.78 is 15.3. The third kappa shape index (κ3) is 3.34. The van der Waals surface area contributed by atoms with Crippen LogP contribution in [0.25, 0.3) is 0 Å². The summed E-state index contributed by atoms with van der Waals surface area (Å²) in [6.45, 7) is 5.84. The van der Waals surface area contributed by atoms with E-state index in [4.69, 9.17) is 14.2 Å². The molecule has 1 saturated heterocycles. The van der Waals surface area contributed by atoms with Gasteiger partial charge in [-0.25, -0.2) is 0 Å². The van der Waals surface area contributed by atoms with E-state index in [1.807, 2.05) is 0 Å². The van der Waals surface area contributed by atoms with Crippen molar-refractivity contribution in [1.82, 2.24) is 0 Å². The lowest BCUT2D eigenvalue weighted by Crippen LogP contribution is -2.86. The molecule has 1 aliphatic rings. The number of rotatable bonds is 8. The van der Waals surface area contributed by atoms with Crippen LogP contribution in [0.2, 0.25) is 0 Å². The summed E-state index contributed by atoms with van der Waals surface area (Å²) in [7, 11) is 0. The predicted molar refractivity (Wildman–Crippen MR) is 88.3 cm³/mol. The lowest BCUT2D eigenvalue weighted by atomic mass is 9.61. The summed E-state index contributed by atoms with van der Waals surface area (Å²) in [5.41, 5.74) is -9.58. The molecule has 27 heavy (non-hydrogen) atoms. The number of hydrogen-bond acceptors (Lipinski definition) is 10. The smallest absolute Gasteiger partial charge is 0.302 e. The van der Waals surface area contributed by atoms with Gasteiger partial charge in [-0.05, 0) is 20.8 Å². The molecular weight excluding hydrogens is 364 g/mol. The fourth-order valence-corrected chi connectivity index (χ4v) is 3.15. The van der Waals surface area contributed by atoms with Crippen molar-refractivity contribution in [3.63, 3.8) is 0 Å². The highest BCUT2D eigenvalue weighted by atomic mass is 16.7. The molecule has 1 fully saturated rings. The number of Topliss-reactive ketones (excluding diaryl/α,β-unsaturated/α-hetero) is 3. The second kappa shape index (κ2) is 7.95. The highest BCUT2D eigenvalue weighted by molar-refractivity contribution is 6.05. The summed E-state index contributed by atoms with van der Waals surface area (Å²) in [6, 6.07) is 0. The summed E-state index contributed by atoms with van der Waals surface area (Å²) in [4.78, 5) is 48.0. The third-order valence-electron chi connectivity index (χ3n) is 4.58. The zero-order valence-corrected chi connectivity index (χ0v) is 15.6. The maximum atomic E-state index is 12.4. The van der Waals surface area contributed by atoms with Crippen LogP contribution in [-0.4, -0.2) is 81.0 Å². The Balaban J connectivity index is 3.72. The second-order valence-electron chi connectivity index (χ2n) is 6.29. The predicted octanol–water partition coefficient (Wildman–Crippen LogP) is -1.56. The fraction of sp³-hybridized carbons (Fsp3) is 0.647. The lowest BCUT2D eigenvalue weighted by molar-refractivity contribution is -0.367. The van der Waals surface area contributed by atoms with Crippen LogP contribution in [0.15, 0.2) is 12.7 Å². The number of hydrogen-bond donors (Lipinski definition) is 3. The van der Waals surface area contributed by atoms with Crippen LogP contribution >= 0.6 is 0 Å². The molecule has 0 saturated carbocycles. The minimum absolute atomic E-state index is 0.271. The van der Waals surface area contributed by atoms with Gasteiger partial charge in [0.15, 0.2) is 29.2 Å². The van der Waals surface area contributed by atoms with Gasteiger partial charge >= 0.3 is 5.97 Å². The molecule has 5 atom stereocenters. The van der Waals surface area contributed by atoms with Gasteiger partial charge in [0.1, 0.15) is 12.7 Å². The van der Waals surface area contributed by atoms with Gasteiger partial charge in [-0.2, -0.15) is 0 Å². The average molecular weight is 388 g/mol. The first-order chi connectivity index (χ1) is 12.3. The summed E-state index contributed by atoms with van der Waals surface area (Å²) in [6.07, 6.45) is -2.55. The van der Waals surface area contributed by atoms with E-state index in [-0.39, 0.29) is 6.61 Å². The molecule has 0 aromatic carbocycles. The van der Waals surface area contributed by atoms with Gasteiger partial charge in [-0.15, -0.1) is 6.58 Å². The monoisotopic (exact) mass is 388 g/mol. The Morgan fingerprint density at radius 3 is 1.89 bits per heavy atom. The zero-order valence-electron chi connectivity index (χ0n) is 15.6. The van der Waals surface area contributed by atoms with Crippen molar-refractivity contribution in [2.75, 3.05) is 13.2 Å². The molecule has 0 aliphatic carbocycles. The molecule has 1 rings (SSSR count). The van der Waals surface area contributed by atoms with Gasteiger partial charge in [0.25, 0.3) is 0 Å². The average Bonchev–Trinajstić information content (AvgIpc) is 2.57. The molecule has 3 N–H and O–H groups in total. The van der Waals surface area contributed by atoms with Gasteiger partial charge in [-0.1, -0.05) is 6.08 Å². The van der Waals surface area contributed by atoms with Gasteiger partial charge in [0.05, 0.1) is 6.61 Å². The van der Waals surface area contributed by atoms with Crippen LogP contribution in [0.1, 0.15) is 27.7 Å². The molecule has 0 spiro atoms. The van der Waals surface area contributed by atoms with Gasteiger partial charge in [0.2, 0.25) is 11.2 Å². The Morgan fingerprint density at radius 2 is 1.52 bits per heavy atom. The molecular formula is C17H24O10. The molecule has 0 unspecified atom stereocenters. The van der Waals surface area contributed by atoms with Crippen LogP contribution in [0.3, 0.4) is 0 Å². The lowest BCUT2D eigenvalue weighted by Gasteiger charge is -2.57. The molecule has 1 aliphatic heterocycles. The first kappa shape index (κ1) is 23.1. The van der Waals surface area contributed by atoms with E-state index < -0.39 is 59.1 Å². The topological polar surface area (TPSA) is 157 Å². The minimum Gasteiger partial charge on any atom is -0.463 e. The van der Waals surface area contributed by atoms with Crippen molar-refractivity contribution in [3.8, 4) is 0 Å². The van der Waals surface area contributed by atoms with Crippen molar-refractivity contribution in [2.24, 2.45) is 0 Å². The Hall–Kier alpha value is -1.98. The number of carbonyl (C=O) groups is 4. The molecule has 10 heteroatoms. The SMILES string of the molecule is C=CCO[C@@H]1O[C@H](COC(C)=O)[C@](O)(C(C)=O)[C@@](O)(C(C)=O)[C@]1(O)C(C)=O. The van der Waals surface area contributed by atoms with Crippen LogP contribution in [0.4, 0.5) is 0 Å². The number of ether oxygens (including phenoxy) is 3. The van der Waals surface area contributed by atoms with Crippen molar-refractivity contribution >= 4 is 23.3 Å². The minimum atomic E-state index is -3.34. The zero-order chi connectivity index (χ0) is 21.2. The van der Waals surface area contributed by atoms with Crippen molar-refractivity contribution in [1.29, 1.82) is 0 Å². The molecule has 10 nitrogen and oxygen atoms in total. The molecule has 0 bridgehead atoms. The molecule has 1 heterocycles. The second-order valence-corrected chi connectivity index (χ2v) is 6.29. The van der Waals surface area contributed by atoms with Gasteiger partial charge in [0, 0.05) is 6.92 Å². The van der Waals surface area contributed by atoms with Crippen molar-refractivity contribution in [3.05, 3.63) is 12.7 Å². The number of esters is 1. The Bertz CT molecular complexity index is 658. The Labute approximate surface area is 155 Å². The third-order valence-corrected chi connectivity index (χ3v) is 4.58. The van der Waals surface area contributed by atoms with Crippen LogP contribution in [0.5, 0.6) is 0 Å². The molecule has 0 amide bonds. The van der Waals surface area contributed by atoms with E-state index in [2.05, 4.69) is 6.58 Å². The van der Waals surface area contributed by atoms with Gasteiger partial charge < -0.3 is 29.5 Å². The number of carbonyl (C=O) groups excluding carboxylic acids is 4. The van der Waals surface area contributed by atoms with E-state index in [0.717, 1.165) is 27.7 Å². The van der Waals surface area contributed by atoms with E-state index in [1.165, 1.54) is 6.08 Å². The first-order valence-electron chi connectivity index (χ1n) is 8.03. The molecule has 152 valence electrons. The largest absolute Gasteiger partial charge is 0.463 e. The number of ketones is 3. The summed E-state index contributed by atoms with van der Waals surface area (Å²) in [5, 5.41) is 33.1. The maximum Gasteiger partial charge on any atom is 0.302 e. The van der Waals surface area contributed by atoms with E-state index in [1.54, 1.807) is 0 Å². The molecule has 0 radical (unpaired) electrons. The van der Waals surface area contributed by atoms with E-state index in [9.17, 15) is 34.5 Å². The normalized spacial score (nSPS) is 36.0. The van der Waals surface area contributed by atoms with E-state index in [0.29, 0.717) is 0 Å². The van der Waals surface area contributed by atoms with Crippen LogP contribution in [-0.2, 0) is 33.4 Å². The van der Waals surface area contributed by atoms with Crippen LogP contribution < -0.4 is 0 Å². The highest BCUT2D eigenvalue weighted by Crippen LogP contribution is 2.47. The molecule has 0 aromatic heterocycles. The summed E-state index contributed by atoms with van der Waals surface area (Å²) >= 11 is 0. The maximum absolute atomic E-state index is 12.4. The fourth-order valence-electron chi connectivity index (χ4n) is 3.15. The van der Waals surface area contributed by atoms with Crippen molar-refractivity contribution in [2.45, 2.75) is 56.9 Å².